The third-order valence-electron chi connectivity index (χ3n) is 3.88. The van der Waals surface area contributed by atoms with Crippen molar-refractivity contribution in [3.8, 4) is 11.5 Å². The van der Waals surface area contributed by atoms with Gasteiger partial charge in [0.1, 0.15) is 5.71 Å². The standard InChI is InChI=1S/C22H20N2O2/c1-25-20-15-9-14-19(22(20)26-2)16-23-24-21(17-10-5-3-6-11-17)18-12-7-4-8-13-18/h3-16H,1-2H3/b23-16+. The maximum Gasteiger partial charge on any atom is 0.169 e. The lowest BCUT2D eigenvalue weighted by Gasteiger charge is -2.09. The molecule has 3 rings (SSSR count). The molecule has 0 amide bonds. The molecule has 0 spiro atoms. The Kier molecular flexibility index (Phi) is 5.78. The molecule has 0 aliphatic heterocycles. The Morgan fingerprint density at radius 1 is 0.731 bits per heavy atom. The van der Waals surface area contributed by atoms with Crippen molar-refractivity contribution in [2.75, 3.05) is 14.2 Å². The second-order valence-corrected chi connectivity index (χ2v) is 5.51. The van der Waals surface area contributed by atoms with Gasteiger partial charge in [0.15, 0.2) is 11.5 Å². The summed E-state index contributed by atoms with van der Waals surface area (Å²) in [4.78, 5) is 0. The van der Waals surface area contributed by atoms with E-state index in [9.17, 15) is 0 Å². The van der Waals surface area contributed by atoms with Crippen LogP contribution in [-0.2, 0) is 0 Å². The maximum atomic E-state index is 5.43. The van der Waals surface area contributed by atoms with Crippen LogP contribution in [0.1, 0.15) is 16.7 Å². The van der Waals surface area contributed by atoms with Gasteiger partial charge in [0, 0.05) is 16.7 Å². The third kappa shape index (κ3) is 3.98. The van der Waals surface area contributed by atoms with Crippen LogP contribution in [0.25, 0.3) is 0 Å². The summed E-state index contributed by atoms with van der Waals surface area (Å²) in [6.45, 7) is 0. The van der Waals surface area contributed by atoms with Gasteiger partial charge < -0.3 is 9.47 Å². The average molecular weight is 344 g/mol. The van der Waals surface area contributed by atoms with Crippen molar-refractivity contribution in [1.29, 1.82) is 0 Å². The predicted octanol–water partition coefficient (Wildman–Crippen LogP) is 4.58. The maximum absolute atomic E-state index is 5.43. The zero-order valence-electron chi connectivity index (χ0n) is 14.8. The van der Waals surface area contributed by atoms with Crippen molar-refractivity contribution in [3.63, 3.8) is 0 Å². The van der Waals surface area contributed by atoms with Crippen LogP contribution >= 0.6 is 0 Å². The minimum atomic E-state index is 0.634. The normalized spacial score (nSPS) is 10.5. The highest BCUT2D eigenvalue weighted by atomic mass is 16.5. The van der Waals surface area contributed by atoms with Gasteiger partial charge in [-0.2, -0.15) is 5.10 Å². The molecule has 0 aliphatic rings. The quantitative estimate of drug-likeness (QED) is 0.485. The Labute approximate surface area is 153 Å². The number of hydrogen-bond donors (Lipinski definition) is 0. The average Bonchev–Trinajstić information content (AvgIpc) is 2.72. The minimum Gasteiger partial charge on any atom is -0.493 e. The SMILES string of the molecule is COc1cccc(/C=N/N=C(c2ccccc2)c2ccccc2)c1OC. The van der Waals surface area contributed by atoms with Gasteiger partial charge in [-0.1, -0.05) is 66.7 Å². The lowest BCUT2D eigenvalue weighted by Crippen LogP contribution is -2.02. The van der Waals surface area contributed by atoms with Gasteiger partial charge >= 0.3 is 0 Å². The van der Waals surface area contributed by atoms with Crippen LogP contribution in [0, 0.1) is 0 Å². The molecule has 0 aliphatic carbocycles. The number of nitrogens with zero attached hydrogens (tertiary/aromatic N) is 2. The zero-order chi connectivity index (χ0) is 18.2. The highest BCUT2D eigenvalue weighted by molar-refractivity contribution is 6.13. The van der Waals surface area contributed by atoms with Crippen molar-refractivity contribution in [1.82, 2.24) is 0 Å². The molecule has 26 heavy (non-hydrogen) atoms. The number of hydrogen-bond acceptors (Lipinski definition) is 4. The van der Waals surface area contributed by atoms with Gasteiger partial charge in [-0.3, -0.25) is 0 Å². The number of para-hydroxylation sites is 1. The number of benzene rings is 3. The van der Waals surface area contributed by atoms with Crippen LogP contribution in [0.3, 0.4) is 0 Å². The second-order valence-electron chi connectivity index (χ2n) is 5.51. The third-order valence-corrected chi connectivity index (χ3v) is 3.88. The van der Waals surface area contributed by atoms with Crippen LogP contribution in [0.5, 0.6) is 11.5 Å². The molecule has 0 saturated heterocycles. The topological polar surface area (TPSA) is 43.2 Å². The molecular weight excluding hydrogens is 324 g/mol. The van der Waals surface area contributed by atoms with E-state index in [1.807, 2.05) is 78.9 Å². The zero-order valence-corrected chi connectivity index (χ0v) is 14.8. The van der Waals surface area contributed by atoms with Crippen LogP contribution < -0.4 is 9.47 Å². The summed E-state index contributed by atoms with van der Waals surface area (Å²) >= 11 is 0. The monoisotopic (exact) mass is 344 g/mol. The van der Waals surface area contributed by atoms with Crippen molar-refractivity contribution in [3.05, 3.63) is 95.6 Å². The summed E-state index contributed by atoms with van der Waals surface area (Å²) < 4.78 is 10.7. The van der Waals surface area contributed by atoms with E-state index in [-0.39, 0.29) is 0 Å². The summed E-state index contributed by atoms with van der Waals surface area (Å²) in [5, 5.41) is 8.79. The largest absolute Gasteiger partial charge is 0.493 e. The molecule has 0 aromatic heterocycles. The fraction of sp³-hybridized carbons (Fsp3) is 0.0909. The lowest BCUT2D eigenvalue weighted by atomic mass is 10.0. The van der Waals surface area contributed by atoms with E-state index >= 15 is 0 Å². The van der Waals surface area contributed by atoms with E-state index in [0.717, 1.165) is 22.4 Å². The van der Waals surface area contributed by atoms with Crippen LogP contribution in [0.4, 0.5) is 0 Å². The van der Waals surface area contributed by atoms with Crippen molar-refractivity contribution in [2.45, 2.75) is 0 Å². The molecule has 0 unspecified atom stereocenters. The van der Waals surface area contributed by atoms with E-state index in [4.69, 9.17) is 9.47 Å². The first-order valence-electron chi connectivity index (χ1n) is 8.26. The molecule has 4 heteroatoms. The van der Waals surface area contributed by atoms with Gasteiger partial charge in [-0.15, -0.1) is 5.10 Å². The van der Waals surface area contributed by atoms with Gasteiger partial charge in [0.25, 0.3) is 0 Å². The van der Waals surface area contributed by atoms with Crippen LogP contribution in [-0.4, -0.2) is 26.1 Å². The molecule has 0 fully saturated rings. The van der Waals surface area contributed by atoms with E-state index in [0.29, 0.717) is 11.5 Å². The van der Waals surface area contributed by atoms with E-state index in [2.05, 4.69) is 10.2 Å². The first-order chi connectivity index (χ1) is 12.8. The molecule has 3 aromatic rings. The molecule has 0 bridgehead atoms. The van der Waals surface area contributed by atoms with Crippen molar-refractivity contribution in [2.24, 2.45) is 10.2 Å². The van der Waals surface area contributed by atoms with Crippen LogP contribution in [0.15, 0.2) is 89.1 Å². The molecule has 0 N–H and O–H groups in total. The Hall–Kier alpha value is -3.40. The Balaban J connectivity index is 1.99. The fourth-order valence-corrected chi connectivity index (χ4v) is 2.64. The first-order valence-corrected chi connectivity index (χ1v) is 8.26. The fourth-order valence-electron chi connectivity index (χ4n) is 2.64. The highest BCUT2D eigenvalue weighted by Crippen LogP contribution is 2.29. The minimum absolute atomic E-state index is 0.634. The summed E-state index contributed by atoms with van der Waals surface area (Å²) in [5.74, 6) is 1.29. The van der Waals surface area contributed by atoms with Crippen molar-refractivity contribution >= 4 is 11.9 Å². The molecule has 3 aromatic carbocycles. The molecule has 0 radical (unpaired) electrons. The predicted molar refractivity (Wildman–Crippen MR) is 106 cm³/mol. The van der Waals surface area contributed by atoms with Crippen LogP contribution in [0.2, 0.25) is 0 Å². The van der Waals surface area contributed by atoms with Gasteiger partial charge in [-0.25, -0.2) is 0 Å². The molecule has 4 nitrogen and oxygen atoms in total. The number of ether oxygens (including phenoxy) is 2. The summed E-state index contributed by atoms with van der Waals surface area (Å²) in [6.07, 6.45) is 1.67. The summed E-state index contributed by atoms with van der Waals surface area (Å²) in [5.41, 5.74) is 3.63. The van der Waals surface area contributed by atoms with Gasteiger partial charge in [-0.05, 0) is 12.1 Å². The smallest absolute Gasteiger partial charge is 0.169 e. The Morgan fingerprint density at radius 2 is 1.35 bits per heavy atom. The molecular formula is C22H20N2O2. The molecule has 0 heterocycles. The first kappa shape index (κ1) is 17.4. The summed E-state index contributed by atoms with van der Waals surface area (Å²) in [7, 11) is 3.22. The Bertz CT molecular complexity index is 862. The van der Waals surface area contributed by atoms with Crippen molar-refractivity contribution < 1.29 is 9.47 Å². The Morgan fingerprint density at radius 3 is 1.88 bits per heavy atom. The van der Waals surface area contributed by atoms with E-state index in [1.165, 1.54) is 0 Å². The number of rotatable bonds is 6. The molecule has 130 valence electrons. The second kappa shape index (κ2) is 8.62. The summed E-state index contributed by atoms with van der Waals surface area (Å²) in [6, 6.07) is 25.6. The number of methoxy groups -OCH3 is 2. The van der Waals surface area contributed by atoms with Gasteiger partial charge in [0.2, 0.25) is 0 Å². The van der Waals surface area contributed by atoms with Gasteiger partial charge in [0.05, 0.1) is 20.4 Å². The molecule has 0 saturated carbocycles. The molecule has 0 atom stereocenters. The highest BCUT2D eigenvalue weighted by Gasteiger charge is 2.08. The lowest BCUT2D eigenvalue weighted by molar-refractivity contribution is 0.354. The van der Waals surface area contributed by atoms with E-state index < -0.39 is 0 Å². The van der Waals surface area contributed by atoms with E-state index in [1.54, 1.807) is 20.4 Å².